The molecule has 0 radical (unpaired) electrons. The van der Waals surface area contributed by atoms with Gasteiger partial charge in [-0.05, 0) is 48.3 Å². The van der Waals surface area contributed by atoms with Gasteiger partial charge in [-0.1, -0.05) is 0 Å². The Morgan fingerprint density at radius 3 is 2.71 bits per heavy atom. The van der Waals surface area contributed by atoms with E-state index in [-0.39, 0.29) is 6.04 Å². The van der Waals surface area contributed by atoms with Crippen LogP contribution in [0.25, 0.3) is 0 Å². The van der Waals surface area contributed by atoms with Crippen molar-refractivity contribution in [2.75, 3.05) is 5.32 Å². The quantitative estimate of drug-likeness (QED) is 0.875. The molecule has 0 aromatic carbocycles. The summed E-state index contributed by atoms with van der Waals surface area (Å²) in [6, 6.07) is 1.92. The first-order valence-electron chi connectivity index (χ1n) is 4.58. The first-order valence-corrected chi connectivity index (χ1v) is 5.37. The molecule has 0 bridgehead atoms. The molecule has 0 aliphatic heterocycles. The summed E-state index contributed by atoms with van der Waals surface area (Å²) in [7, 11) is 0. The molecule has 1 aromatic rings. The summed E-state index contributed by atoms with van der Waals surface area (Å²) in [5.41, 5.74) is 1.13. The van der Waals surface area contributed by atoms with Gasteiger partial charge < -0.3 is 10.4 Å². The molecule has 0 saturated carbocycles. The summed E-state index contributed by atoms with van der Waals surface area (Å²) in [5.74, 6) is 0.776. The fraction of sp³-hybridized carbons (Fsp3) is 0.500. The van der Waals surface area contributed by atoms with E-state index in [0.29, 0.717) is 0 Å². The van der Waals surface area contributed by atoms with Gasteiger partial charge in [-0.2, -0.15) is 0 Å². The highest BCUT2D eigenvalue weighted by Crippen LogP contribution is 2.23. The zero-order chi connectivity index (χ0) is 10.7. The van der Waals surface area contributed by atoms with Gasteiger partial charge in [0.05, 0.1) is 16.6 Å². The second-order valence-corrected chi connectivity index (χ2v) is 4.26. The molecule has 0 amide bonds. The van der Waals surface area contributed by atoms with Crippen molar-refractivity contribution in [3.05, 3.63) is 22.3 Å². The Hall–Kier alpha value is -0.610. The molecule has 1 heterocycles. The average Bonchev–Trinajstić information content (AvgIpc) is 2.12. The predicted octanol–water partition coefficient (Wildman–Crippen LogP) is 2.33. The Labute approximate surface area is 92.7 Å². The van der Waals surface area contributed by atoms with Gasteiger partial charge in [-0.3, -0.25) is 0 Å². The summed E-state index contributed by atoms with van der Waals surface area (Å²) in [6.07, 6.45) is 1.35. The number of hydrogen-bond acceptors (Lipinski definition) is 3. The summed E-state index contributed by atoms with van der Waals surface area (Å²) < 4.78 is 0.951. The molecule has 2 atom stereocenters. The van der Waals surface area contributed by atoms with E-state index >= 15 is 0 Å². The molecular formula is C10H15BrN2O. The second kappa shape index (κ2) is 4.75. The van der Waals surface area contributed by atoms with Crippen LogP contribution in [0, 0.1) is 6.92 Å². The minimum absolute atomic E-state index is 0.0133. The predicted molar refractivity (Wildman–Crippen MR) is 61.4 cm³/mol. The molecule has 0 spiro atoms. The van der Waals surface area contributed by atoms with Crippen molar-refractivity contribution >= 4 is 21.7 Å². The van der Waals surface area contributed by atoms with Crippen LogP contribution in [0.15, 0.2) is 16.7 Å². The Balaban J connectivity index is 2.82. The third-order valence-corrected chi connectivity index (χ3v) is 3.17. The fourth-order valence-corrected chi connectivity index (χ4v) is 1.33. The third kappa shape index (κ3) is 2.69. The first-order chi connectivity index (χ1) is 6.52. The van der Waals surface area contributed by atoms with Crippen LogP contribution in [0.3, 0.4) is 0 Å². The van der Waals surface area contributed by atoms with Crippen LogP contribution in [0.5, 0.6) is 0 Å². The topological polar surface area (TPSA) is 45.2 Å². The molecule has 78 valence electrons. The second-order valence-electron chi connectivity index (χ2n) is 3.46. The van der Waals surface area contributed by atoms with Crippen LogP contribution in [0.1, 0.15) is 19.4 Å². The van der Waals surface area contributed by atoms with Gasteiger partial charge in [-0.15, -0.1) is 0 Å². The molecule has 0 aliphatic rings. The van der Waals surface area contributed by atoms with E-state index in [9.17, 15) is 5.11 Å². The largest absolute Gasteiger partial charge is 0.391 e. The van der Waals surface area contributed by atoms with Crippen molar-refractivity contribution in [2.24, 2.45) is 0 Å². The highest BCUT2D eigenvalue weighted by atomic mass is 79.9. The van der Waals surface area contributed by atoms with Gasteiger partial charge in [0.2, 0.25) is 0 Å². The SMILES string of the molecule is Cc1ccnc(NC(C)C(C)O)c1Br. The Kier molecular flexibility index (Phi) is 3.89. The lowest BCUT2D eigenvalue weighted by atomic mass is 10.2. The van der Waals surface area contributed by atoms with Crippen molar-refractivity contribution in [2.45, 2.75) is 32.9 Å². The molecule has 2 N–H and O–H groups in total. The van der Waals surface area contributed by atoms with Gasteiger partial charge in [0.25, 0.3) is 0 Å². The lowest BCUT2D eigenvalue weighted by Crippen LogP contribution is -2.28. The third-order valence-electron chi connectivity index (χ3n) is 2.17. The summed E-state index contributed by atoms with van der Waals surface area (Å²) in [5, 5.41) is 12.5. The molecule has 14 heavy (non-hydrogen) atoms. The maximum atomic E-state index is 9.34. The zero-order valence-electron chi connectivity index (χ0n) is 8.58. The molecule has 3 nitrogen and oxygen atoms in total. The van der Waals surface area contributed by atoms with E-state index in [2.05, 4.69) is 26.2 Å². The average molecular weight is 259 g/mol. The van der Waals surface area contributed by atoms with Crippen molar-refractivity contribution in [3.8, 4) is 0 Å². The first kappa shape index (κ1) is 11.5. The number of aromatic nitrogens is 1. The number of nitrogens with one attached hydrogen (secondary N) is 1. The fourth-order valence-electron chi connectivity index (χ4n) is 0.977. The number of rotatable bonds is 3. The summed E-state index contributed by atoms with van der Waals surface area (Å²) >= 11 is 3.45. The minimum Gasteiger partial charge on any atom is -0.391 e. The smallest absolute Gasteiger partial charge is 0.140 e. The van der Waals surface area contributed by atoms with Crippen molar-refractivity contribution < 1.29 is 5.11 Å². The van der Waals surface area contributed by atoms with Crippen molar-refractivity contribution in [3.63, 3.8) is 0 Å². The standard InChI is InChI=1S/C10H15BrN2O/c1-6-4-5-12-10(9(6)11)13-7(2)8(3)14/h4-5,7-8,14H,1-3H3,(H,12,13). The van der Waals surface area contributed by atoms with Crippen LogP contribution in [0.4, 0.5) is 5.82 Å². The highest BCUT2D eigenvalue weighted by molar-refractivity contribution is 9.10. The van der Waals surface area contributed by atoms with Crippen molar-refractivity contribution in [1.29, 1.82) is 0 Å². The highest BCUT2D eigenvalue weighted by Gasteiger charge is 2.11. The van der Waals surface area contributed by atoms with Gasteiger partial charge in [0, 0.05) is 6.20 Å². The lowest BCUT2D eigenvalue weighted by molar-refractivity contribution is 0.177. The van der Waals surface area contributed by atoms with E-state index in [1.165, 1.54) is 0 Å². The zero-order valence-corrected chi connectivity index (χ0v) is 10.2. The normalized spacial score (nSPS) is 14.9. The van der Waals surface area contributed by atoms with Crippen LogP contribution in [-0.2, 0) is 0 Å². The van der Waals surface area contributed by atoms with Crippen LogP contribution < -0.4 is 5.32 Å². The van der Waals surface area contributed by atoms with Crippen LogP contribution >= 0.6 is 15.9 Å². The molecule has 1 aromatic heterocycles. The number of aliphatic hydroxyl groups excluding tert-OH is 1. The molecule has 1 rings (SSSR count). The Morgan fingerprint density at radius 1 is 1.50 bits per heavy atom. The number of anilines is 1. The van der Waals surface area contributed by atoms with E-state index < -0.39 is 6.10 Å². The number of pyridine rings is 1. The molecule has 2 unspecified atom stereocenters. The molecule has 4 heteroatoms. The van der Waals surface area contributed by atoms with E-state index in [1.807, 2.05) is 19.9 Å². The monoisotopic (exact) mass is 258 g/mol. The maximum absolute atomic E-state index is 9.34. The van der Waals surface area contributed by atoms with Gasteiger partial charge in [-0.25, -0.2) is 4.98 Å². The molecule has 0 fully saturated rings. The van der Waals surface area contributed by atoms with E-state index in [1.54, 1.807) is 13.1 Å². The van der Waals surface area contributed by atoms with E-state index in [0.717, 1.165) is 15.9 Å². The number of aliphatic hydroxyl groups is 1. The Morgan fingerprint density at radius 2 is 2.14 bits per heavy atom. The van der Waals surface area contributed by atoms with Gasteiger partial charge in [0.1, 0.15) is 5.82 Å². The van der Waals surface area contributed by atoms with Crippen LogP contribution in [0.2, 0.25) is 0 Å². The Bertz CT molecular complexity index is 315. The minimum atomic E-state index is -0.399. The van der Waals surface area contributed by atoms with Gasteiger partial charge in [0.15, 0.2) is 0 Å². The molecule has 0 saturated heterocycles. The number of nitrogens with zero attached hydrogens (tertiary/aromatic N) is 1. The summed E-state index contributed by atoms with van der Waals surface area (Å²) in [6.45, 7) is 5.67. The maximum Gasteiger partial charge on any atom is 0.140 e. The molecular weight excluding hydrogens is 244 g/mol. The lowest BCUT2D eigenvalue weighted by Gasteiger charge is -2.18. The van der Waals surface area contributed by atoms with Crippen LogP contribution in [-0.4, -0.2) is 22.2 Å². The van der Waals surface area contributed by atoms with E-state index in [4.69, 9.17) is 0 Å². The number of aryl methyl sites for hydroxylation is 1. The number of hydrogen-bond donors (Lipinski definition) is 2. The van der Waals surface area contributed by atoms with Crippen molar-refractivity contribution in [1.82, 2.24) is 4.98 Å². The summed E-state index contributed by atoms with van der Waals surface area (Å²) in [4.78, 5) is 4.19. The van der Waals surface area contributed by atoms with Gasteiger partial charge >= 0.3 is 0 Å². The molecule has 0 aliphatic carbocycles. The number of halogens is 1.